The normalized spacial score (nSPS) is 24.3. The van der Waals surface area contributed by atoms with E-state index in [0.29, 0.717) is 18.7 Å². The SMILES string of the molecule is Cc1cc(OC[C@H](O)C[NH+]2[C@H](C)CCC[C@H]2C)cc(C)c1Cl. The molecular formula is C18H29ClNO2+. The summed E-state index contributed by atoms with van der Waals surface area (Å²) in [5.41, 5.74) is 2.02. The van der Waals surface area contributed by atoms with Crippen LogP contribution in [0, 0.1) is 13.8 Å². The van der Waals surface area contributed by atoms with Gasteiger partial charge in [0.15, 0.2) is 0 Å². The van der Waals surface area contributed by atoms with Gasteiger partial charge in [-0.15, -0.1) is 0 Å². The summed E-state index contributed by atoms with van der Waals surface area (Å²) >= 11 is 6.16. The number of rotatable bonds is 5. The van der Waals surface area contributed by atoms with Crippen molar-refractivity contribution in [2.75, 3.05) is 13.2 Å². The number of aliphatic hydroxyl groups is 1. The Morgan fingerprint density at radius 3 is 2.32 bits per heavy atom. The van der Waals surface area contributed by atoms with Gasteiger partial charge >= 0.3 is 0 Å². The largest absolute Gasteiger partial charge is 0.491 e. The fourth-order valence-corrected chi connectivity index (χ4v) is 3.61. The molecule has 4 heteroatoms. The Balaban J connectivity index is 1.88. The maximum atomic E-state index is 10.3. The molecule has 1 heterocycles. The number of benzene rings is 1. The molecule has 1 aromatic carbocycles. The number of nitrogens with one attached hydrogen (secondary N) is 1. The maximum absolute atomic E-state index is 10.3. The predicted octanol–water partition coefficient (Wildman–Crippen LogP) is 2.54. The van der Waals surface area contributed by atoms with E-state index in [0.717, 1.165) is 28.4 Å². The fraction of sp³-hybridized carbons (Fsp3) is 0.667. The number of quaternary nitrogens is 1. The highest BCUT2D eigenvalue weighted by molar-refractivity contribution is 6.32. The van der Waals surface area contributed by atoms with Crippen molar-refractivity contribution in [3.63, 3.8) is 0 Å². The lowest BCUT2D eigenvalue weighted by atomic mass is 9.97. The minimum absolute atomic E-state index is 0.337. The highest BCUT2D eigenvalue weighted by atomic mass is 35.5. The van der Waals surface area contributed by atoms with Crippen LogP contribution >= 0.6 is 11.6 Å². The van der Waals surface area contributed by atoms with Crippen molar-refractivity contribution >= 4 is 11.6 Å². The molecular weight excluding hydrogens is 298 g/mol. The van der Waals surface area contributed by atoms with Crippen LogP contribution in [0.2, 0.25) is 5.02 Å². The summed E-state index contributed by atoms with van der Waals surface area (Å²) in [7, 11) is 0. The Morgan fingerprint density at radius 1 is 1.23 bits per heavy atom. The van der Waals surface area contributed by atoms with Gasteiger partial charge in [0.1, 0.15) is 25.0 Å². The van der Waals surface area contributed by atoms with Gasteiger partial charge in [-0.25, -0.2) is 0 Å². The van der Waals surface area contributed by atoms with Gasteiger partial charge in [-0.1, -0.05) is 11.6 Å². The van der Waals surface area contributed by atoms with Gasteiger partial charge in [-0.2, -0.15) is 0 Å². The summed E-state index contributed by atoms with van der Waals surface area (Å²) in [5, 5.41) is 11.1. The molecule has 1 aromatic rings. The molecule has 124 valence electrons. The number of halogens is 1. The average Bonchev–Trinajstić information content (AvgIpc) is 2.46. The average molecular weight is 327 g/mol. The predicted molar refractivity (Wildman–Crippen MR) is 91.0 cm³/mol. The highest BCUT2D eigenvalue weighted by Gasteiger charge is 2.30. The lowest BCUT2D eigenvalue weighted by molar-refractivity contribution is -0.954. The minimum Gasteiger partial charge on any atom is -0.491 e. The molecule has 0 aliphatic carbocycles. The third-order valence-electron chi connectivity index (χ3n) is 4.86. The van der Waals surface area contributed by atoms with Crippen LogP contribution in [0.4, 0.5) is 0 Å². The van der Waals surface area contributed by atoms with E-state index >= 15 is 0 Å². The first-order chi connectivity index (χ1) is 10.4. The van der Waals surface area contributed by atoms with Gasteiger partial charge in [0.05, 0.1) is 12.1 Å². The van der Waals surface area contributed by atoms with Gasteiger partial charge in [-0.05, 0) is 70.2 Å². The van der Waals surface area contributed by atoms with Gasteiger partial charge < -0.3 is 14.7 Å². The van der Waals surface area contributed by atoms with E-state index in [1.807, 2.05) is 26.0 Å². The number of aliphatic hydroxyl groups excluding tert-OH is 1. The smallest absolute Gasteiger partial charge is 0.137 e. The molecule has 0 radical (unpaired) electrons. The van der Waals surface area contributed by atoms with Crippen LogP contribution in [0.1, 0.15) is 44.2 Å². The first-order valence-corrected chi connectivity index (χ1v) is 8.69. The highest BCUT2D eigenvalue weighted by Crippen LogP contribution is 2.25. The Labute approximate surface area is 139 Å². The quantitative estimate of drug-likeness (QED) is 0.872. The minimum atomic E-state index is -0.436. The van der Waals surface area contributed by atoms with E-state index in [1.165, 1.54) is 24.2 Å². The molecule has 0 amide bonds. The number of hydrogen-bond acceptors (Lipinski definition) is 2. The summed E-state index contributed by atoms with van der Waals surface area (Å²) < 4.78 is 5.77. The second kappa shape index (κ2) is 7.67. The van der Waals surface area contributed by atoms with Crippen molar-refractivity contribution in [2.24, 2.45) is 0 Å². The number of likely N-dealkylation sites (tertiary alicyclic amines) is 1. The van der Waals surface area contributed by atoms with Crippen molar-refractivity contribution < 1.29 is 14.7 Å². The summed E-state index contributed by atoms with van der Waals surface area (Å²) in [6, 6.07) is 5.11. The Morgan fingerprint density at radius 2 is 1.77 bits per heavy atom. The van der Waals surface area contributed by atoms with Crippen molar-refractivity contribution in [1.82, 2.24) is 0 Å². The Hall–Kier alpha value is -0.770. The van der Waals surface area contributed by atoms with Crippen LogP contribution in [0.3, 0.4) is 0 Å². The van der Waals surface area contributed by atoms with Gasteiger partial charge in [-0.3, -0.25) is 0 Å². The van der Waals surface area contributed by atoms with E-state index < -0.39 is 6.10 Å². The summed E-state index contributed by atoms with van der Waals surface area (Å²) in [4.78, 5) is 1.51. The molecule has 2 rings (SSSR count). The van der Waals surface area contributed by atoms with E-state index in [9.17, 15) is 5.11 Å². The fourth-order valence-electron chi connectivity index (χ4n) is 3.50. The Kier molecular flexibility index (Phi) is 6.13. The molecule has 1 saturated heterocycles. The molecule has 0 spiro atoms. The van der Waals surface area contributed by atoms with Crippen molar-refractivity contribution in [1.29, 1.82) is 0 Å². The zero-order valence-electron chi connectivity index (χ0n) is 14.2. The number of aryl methyl sites for hydroxylation is 2. The third kappa shape index (κ3) is 4.37. The first-order valence-electron chi connectivity index (χ1n) is 8.31. The van der Waals surface area contributed by atoms with Crippen LogP contribution in [0.15, 0.2) is 12.1 Å². The molecule has 2 N–H and O–H groups in total. The van der Waals surface area contributed by atoms with E-state index in [2.05, 4.69) is 13.8 Å². The molecule has 0 aromatic heterocycles. The van der Waals surface area contributed by atoms with Crippen LogP contribution < -0.4 is 9.64 Å². The first kappa shape index (κ1) is 17.6. The number of hydrogen-bond donors (Lipinski definition) is 2. The van der Waals surface area contributed by atoms with Gasteiger partial charge in [0.2, 0.25) is 0 Å². The third-order valence-corrected chi connectivity index (χ3v) is 5.46. The van der Waals surface area contributed by atoms with E-state index in [4.69, 9.17) is 16.3 Å². The molecule has 22 heavy (non-hydrogen) atoms. The van der Waals surface area contributed by atoms with Gasteiger partial charge in [0.25, 0.3) is 0 Å². The lowest BCUT2D eigenvalue weighted by Gasteiger charge is -2.36. The maximum Gasteiger partial charge on any atom is 0.137 e. The van der Waals surface area contributed by atoms with Crippen LogP contribution in [0.5, 0.6) is 5.75 Å². The second-order valence-electron chi connectivity index (χ2n) is 6.85. The molecule has 3 atom stereocenters. The molecule has 1 aliphatic heterocycles. The van der Waals surface area contributed by atoms with Crippen molar-refractivity contribution in [2.45, 2.75) is 65.1 Å². The van der Waals surface area contributed by atoms with Crippen LogP contribution in [-0.2, 0) is 0 Å². The summed E-state index contributed by atoms with van der Waals surface area (Å²) in [6.45, 7) is 9.60. The summed E-state index contributed by atoms with van der Waals surface area (Å²) in [5.74, 6) is 0.785. The molecule has 0 bridgehead atoms. The lowest BCUT2D eigenvalue weighted by Crippen LogP contribution is -3.20. The van der Waals surface area contributed by atoms with Crippen molar-refractivity contribution in [3.8, 4) is 5.75 Å². The standard InChI is InChI=1S/C18H28ClNO2/c1-12-8-17(9-13(2)18(12)19)22-11-16(21)10-20-14(3)6-5-7-15(20)4/h8-9,14-16,21H,5-7,10-11H2,1-4H3/p+1/t14-,15-,16-/m1/s1. The Bertz CT molecular complexity index is 473. The summed E-state index contributed by atoms with van der Waals surface area (Å²) in [6.07, 6.45) is 3.38. The number of piperidine rings is 1. The van der Waals surface area contributed by atoms with E-state index in [1.54, 1.807) is 0 Å². The van der Waals surface area contributed by atoms with E-state index in [-0.39, 0.29) is 0 Å². The van der Waals surface area contributed by atoms with Gasteiger partial charge in [0, 0.05) is 5.02 Å². The topological polar surface area (TPSA) is 33.9 Å². The zero-order chi connectivity index (χ0) is 16.3. The van der Waals surface area contributed by atoms with Crippen LogP contribution in [0.25, 0.3) is 0 Å². The van der Waals surface area contributed by atoms with Crippen molar-refractivity contribution in [3.05, 3.63) is 28.3 Å². The van der Waals surface area contributed by atoms with Crippen LogP contribution in [-0.4, -0.2) is 36.4 Å². The monoisotopic (exact) mass is 326 g/mol. The molecule has 3 nitrogen and oxygen atoms in total. The number of ether oxygens (including phenoxy) is 1. The molecule has 1 aliphatic rings. The second-order valence-corrected chi connectivity index (χ2v) is 7.23. The molecule has 1 fully saturated rings. The molecule has 0 unspecified atom stereocenters. The molecule has 0 saturated carbocycles. The zero-order valence-corrected chi connectivity index (χ0v) is 14.9.